The maximum atomic E-state index is 2.44. The molecule has 0 N–H and O–H groups in total. The summed E-state index contributed by atoms with van der Waals surface area (Å²) in [5, 5.41) is 3.09. The summed E-state index contributed by atoms with van der Waals surface area (Å²) < 4.78 is 0. The molecule has 0 aliphatic heterocycles. The van der Waals surface area contributed by atoms with Crippen molar-refractivity contribution in [2.75, 3.05) is 0 Å². The minimum absolute atomic E-state index is 0.191. The summed E-state index contributed by atoms with van der Waals surface area (Å²) in [4.78, 5) is 0. The molecule has 2 unspecified atom stereocenters. The van der Waals surface area contributed by atoms with Crippen molar-refractivity contribution in [3.05, 3.63) is 60.7 Å². The SMILES string of the molecule is CC1CCCC1P(c1ccccc1)c1ccccc1. The van der Waals surface area contributed by atoms with Crippen molar-refractivity contribution in [1.29, 1.82) is 0 Å². The highest BCUT2D eigenvalue weighted by Crippen LogP contribution is 2.49. The summed E-state index contributed by atoms with van der Waals surface area (Å²) in [7, 11) is -0.191. The van der Waals surface area contributed by atoms with E-state index in [1.807, 2.05) is 0 Å². The van der Waals surface area contributed by atoms with E-state index in [2.05, 4.69) is 67.6 Å². The van der Waals surface area contributed by atoms with E-state index >= 15 is 0 Å². The van der Waals surface area contributed by atoms with E-state index in [1.54, 1.807) is 10.6 Å². The number of hydrogen-bond acceptors (Lipinski definition) is 0. The predicted molar refractivity (Wildman–Crippen MR) is 85.9 cm³/mol. The Morgan fingerprint density at radius 1 is 0.789 bits per heavy atom. The average molecular weight is 268 g/mol. The van der Waals surface area contributed by atoms with Crippen LogP contribution in [0.1, 0.15) is 26.2 Å². The molecule has 0 saturated heterocycles. The Hall–Kier alpha value is -1.13. The monoisotopic (exact) mass is 268 g/mol. The van der Waals surface area contributed by atoms with Crippen molar-refractivity contribution < 1.29 is 0 Å². The van der Waals surface area contributed by atoms with Crippen molar-refractivity contribution in [2.24, 2.45) is 5.92 Å². The summed E-state index contributed by atoms with van der Waals surface area (Å²) in [5.74, 6) is 0.867. The Morgan fingerprint density at radius 2 is 1.32 bits per heavy atom. The summed E-state index contributed by atoms with van der Waals surface area (Å²) in [6.07, 6.45) is 4.21. The molecule has 0 bridgehead atoms. The molecular weight excluding hydrogens is 247 g/mol. The first-order valence-electron chi connectivity index (χ1n) is 7.25. The zero-order valence-corrected chi connectivity index (χ0v) is 12.4. The van der Waals surface area contributed by atoms with Gasteiger partial charge in [0, 0.05) is 0 Å². The van der Waals surface area contributed by atoms with Gasteiger partial charge in [-0.25, -0.2) is 0 Å². The number of hydrogen-bond donors (Lipinski definition) is 0. The fraction of sp³-hybridized carbons (Fsp3) is 0.333. The molecule has 0 aromatic heterocycles. The number of rotatable bonds is 3. The Morgan fingerprint density at radius 3 is 1.74 bits per heavy atom. The van der Waals surface area contributed by atoms with Gasteiger partial charge in [0.15, 0.2) is 0 Å². The Bertz CT molecular complexity index is 466. The molecule has 2 atom stereocenters. The van der Waals surface area contributed by atoms with Gasteiger partial charge in [0.1, 0.15) is 0 Å². The second kappa shape index (κ2) is 5.88. The first-order chi connectivity index (χ1) is 9.36. The molecule has 0 amide bonds. The Balaban J connectivity index is 2.01. The predicted octanol–water partition coefficient (Wildman–Crippen LogP) is 4.31. The van der Waals surface area contributed by atoms with Crippen LogP contribution >= 0.6 is 7.92 Å². The van der Waals surface area contributed by atoms with E-state index in [0.29, 0.717) is 0 Å². The zero-order valence-electron chi connectivity index (χ0n) is 11.5. The van der Waals surface area contributed by atoms with Crippen molar-refractivity contribution in [2.45, 2.75) is 31.8 Å². The van der Waals surface area contributed by atoms with E-state index in [1.165, 1.54) is 19.3 Å². The maximum absolute atomic E-state index is 2.44. The third-order valence-electron chi connectivity index (χ3n) is 4.22. The fourth-order valence-electron chi connectivity index (χ4n) is 3.22. The standard InChI is InChI=1S/C18H21P/c1-15-9-8-14-18(15)19(16-10-4-2-5-11-16)17-12-6-3-7-13-17/h2-7,10-13,15,18H,8-9,14H2,1H3. The van der Waals surface area contributed by atoms with Gasteiger partial charge in [-0.3, -0.25) is 0 Å². The van der Waals surface area contributed by atoms with Gasteiger partial charge in [-0.15, -0.1) is 0 Å². The highest BCUT2D eigenvalue weighted by molar-refractivity contribution is 7.73. The first-order valence-corrected chi connectivity index (χ1v) is 8.66. The lowest BCUT2D eigenvalue weighted by atomic mass is 10.1. The smallest absolute Gasteiger partial charge is 0.0103 e. The summed E-state index contributed by atoms with van der Waals surface area (Å²) >= 11 is 0. The molecule has 0 nitrogen and oxygen atoms in total. The molecule has 0 spiro atoms. The average Bonchev–Trinajstić information content (AvgIpc) is 2.88. The van der Waals surface area contributed by atoms with Crippen molar-refractivity contribution in [3.63, 3.8) is 0 Å². The molecule has 19 heavy (non-hydrogen) atoms. The first kappa shape index (κ1) is 12.9. The van der Waals surface area contributed by atoms with Crippen LogP contribution in [0, 0.1) is 5.92 Å². The summed E-state index contributed by atoms with van der Waals surface area (Å²) in [6, 6.07) is 22.3. The van der Waals surface area contributed by atoms with Crippen molar-refractivity contribution in [3.8, 4) is 0 Å². The fourth-order valence-corrected chi connectivity index (χ4v) is 6.37. The van der Waals surface area contributed by atoms with Gasteiger partial charge in [-0.1, -0.05) is 80.4 Å². The molecule has 3 rings (SSSR count). The molecular formula is C18H21P. The lowest BCUT2D eigenvalue weighted by Gasteiger charge is -2.28. The van der Waals surface area contributed by atoms with Crippen LogP contribution in [-0.4, -0.2) is 5.66 Å². The Labute approximate surface area is 117 Å². The van der Waals surface area contributed by atoms with Crippen LogP contribution in [0.2, 0.25) is 0 Å². The quantitative estimate of drug-likeness (QED) is 0.728. The van der Waals surface area contributed by atoms with E-state index < -0.39 is 0 Å². The van der Waals surface area contributed by atoms with Crippen LogP contribution in [0.4, 0.5) is 0 Å². The van der Waals surface area contributed by atoms with Crippen LogP contribution in [0.5, 0.6) is 0 Å². The molecule has 1 saturated carbocycles. The lowest BCUT2D eigenvalue weighted by molar-refractivity contribution is 0.621. The minimum atomic E-state index is -0.191. The molecule has 2 aromatic rings. The highest BCUT2D eigenvalue weighted by atomic mass is 31.1. The Kier molecular flexibility index (Phi) is 3.99. The molecule has 1 fully saturated rings. The van der Waals surface area contributed by atoms with Crippen molar-refractivity contribution >= 4 is 18.5 Å². The third kappa shape index (κ3) is 2.74. The highest BCUT2D eigenvalue weighted by Gasteiger charge is 2.32. The molecule has 0 heterocycles. The van der Waals surface area contributed by atoms with Gasteiger partial charge < -0.3 is 0 Å². The summed E-state index contributed by atoms with van der Waals surface area (Å²) in [6.45, 7) is 2.44. The zero-order chi connectivity index (χ0) is 13.1. The van der Waals surface area contributed by atoms with Gasteiger partial charge in [0.05, 0.1) is 0 Å². The number of benzene rings is 2. The molecule has 98 valence electrons. The molecule has 2 aromatic carbocycles. The van der Waals surface area contributed by atoms with Crippen molar-refractivity contribution in [1.82, 2.24) is 0 Å². The molecule has 1 aliphatic carbocycles. The second-order valence-corrected chi connectivity index (χ2v) is 7.95. The molecule has 1 heteroatoms. The van der Waals surface area contributed by atoms with Gasteiger partial charge >= 0.3 is 0 Å². The van der Waals surface area contributed by atoms with E-state index in [-0.39, 0.29) is 7.92 Å². The van der Waals surface area contributed by atoms with Crippen LogP contribution in [0.25, 0.3) is 0 Å². The van der Waals surface area contributed by atoms with E-state index in [0.717, 1.165) is 11.6 Å². The third-order valence-corrected chi connectivity index (χ3v) is 7.36. The van der Waals surface area contributed by atoms with E-state index in [9.17, 15) is 0 Å². The lowest BCUT2D eigenvalue weighted by Crippen LogP contribution is -2.23. The maximum Gasteiger partial charge on any atom is -0.0103 e. The van der Waals surface area contributed by atoms with Crippen LogP contribution < -0.4 is 10.6 Å². The normalized spacial score (nSPS) is 22.8. The van der Waals surface area contributed by atoms with Gasteiger partial charge in [-0.2, -0.15) is 0 Å². The van der Waals surface area contributed by atoms with Crippen LogP contribution in [0.15, 0.2) is 60.7 Å². The molecule has 0 radical (unpaired) electrons. The largest absolute Gasteiger partial charge is 0.0622 e. The van der Waals surface area contributed by atoms with E-state index in [4.69, 9.17) is 0 Å². The topological polar surface area (TPSA) is 0 Å². The van der Waals surface area contributed by atoms with Gasteiger partial charge in [0.25, 0.3) is 0 Å². The molecule has 1 aliphatic rings. The summed E-state index contributed by atoms with van der Waals surface area (Å²) in [5.41, 5.74) is 0.861. The van der Waals surface area contributed by atoms with Gasteiger partial charge in [-0.05, 0) is 36.5 Å². The second-order valence-electron chi connectivity index (χ2n) is 5.52. The minimum Gasteiger partial charge on any atom is -0.0622 e. The van der Waals surface area contributed by atoms with Crippen LogP contribution in [-0.2, 0) is 0 Å². The van der Waals surface area contributed by atoms with Gasteiger partial charge in [0.2, 0.25) is 0 Å². The van der Waals surface area contributed by atoms with Crippen LogP contribution in [0.3, 0.4) is 0 Å².